The predicted molar refractivity (Wildman–Crippen MR) is 176 cm³/mol. The molecule has 43 heavy (non-hydrogen) atoms. The number of Topliss-reactive ketones (excluding diaryl/α,β-unsaturated/α-hetero) is 2. The van der Waals surface area contributed by atoms with Crippen molar-refractivity contribution in [1.82, 2.24) is 4.98 Å². The highest BCUT2D eigenvalue weighted by Gasteiger charge is 2.36. The van der Waals surface area contributed by atoms with Gasteiger partial charge in [0.15, 0.2) is 16.7 Å². The van der Waals surface area contributed by atoms with Crippen LogP contribution in [-0.4, -0.2) is 16.6 Å². The number of ether oxygens (including phenoxy) is 1. The highest BCUT2D eigenvalue weighted by atomic mass is 32.1. The maximum Gasteiger partial charge on any atom is 0.196 e. The van der Waals surface area contributed by atoms with Crippen molar-refractivity contribution in [3.63, 3.8) is 0 Å². The largest absolute Gasteiger partial charge is 0.489 e. The third kappa shape index (κ3) is 5.62. The maximum atomic E-state index is 13.8. The van der Waals surface area contributed by atoms with Crippen molar-refractivity contribution in [2.45, 2.75) is 65.9 Å². The van der Waals surface area contributed by atoms with Gasteiger partial charge in [-0.15, -0.1) is 0 Å². The first-order chi connectivity index (χ1) is 20.4. The highest BCUT2D eigenvalue weighted by Crippen LogP contribution is 2.42. The third-order valence-electron chi connectivity index (χ3n) is 8.13. The van der Waals surface area contributed by atoms with Crippen molar-refractivity contribution in [2.75, 3.05) is 11.1 Å². The molecule has 6 nitrogen and oxygen atoms in total. The molecule has 1 heterocycles. The van der Waals surface area contributed by atoms with Crippen LogP contribution in [0.3, 0.4) is 0 Å². The van der Waals surface area contributed by atoms with Crippen LogP contribution in [0, 0.1) is 5.41 Å². The van der Waals surface area contributed by atoms with E-state index in [0.29, 0.717) is 45.3 Å². The van der Waals surface area contributed by atoms with Gasteiger partial charge in [-0.3, -0.25) is 9.59 Å². The second-order valence-corrected chi connectivity index (χ2v) is 14.3. The SMILES string of the molecule is CC(C)(C)CC(C)(C)c1ccc(OCc2cc(Nc3nc4ccccc4s3)c3c(c2N)C(=O)C2=C(C=CCC2)C3=O)cc1. The molecule has 7 heteroatoms. The number of allylic oxidation sites excluding steroid dienone is 4. The lowest BCUT2D eigenvalue weighted by Crippen LogP contribution is -2.26. The predicted octanol–water partition coefficient (Wildman–Crippen LogP) is 8.94. The standard InChI is InChI=1S/C36H37N3O3S/c1-35(2,3)20-36(4,5)22-14-16-23(17-15-22)42-19-21-18-27(39-34-38-26-12-8-9-13-28(26)43-34)29-30(31(21)37)33(41)25-11-7-6-10-24(25)32(29)40/h6,8-10,12-18H,7,11,19-20,37H2,1-5H3,(H,38,39). The number of para-hydroxylation sites is 1. The summed E-state index contributed by atoms with van der Waals surface area (Å²) in [4.78, 5) is 32.3. The van der Waals surface area contributed by atoms with Crippen LogP contribution in [0.1, 0.15) is 85.7 Å². The van der Waals surface area contributed by atoms with Gasteiger partial charge in [-0.2, -0.15) is 0 Å². The number of fused-ring (bicyclic) bond motifs is 2. The van der Waals surface area contributed by atoms with Gasteiger partial charge in [-0.05, 0) is 66.0 Å². The Balaban J connectivity index is 1.34. The van der Waals surface area contributed by atoms with Gasteiger partial charge in [0, 0.05) is 16.7 Å². The van der Waals surface area contributed by atoms with Crippen molar-refractivity contribution in [1.29, 1.82) is 0 Å². The Hall–Kier alpha value is -4.23. The number of rotatable bonds is 7. The monoisotopic (exact) mass is 591 g/mol. The van der Waals surface area contributed by atoms with Crippen LogP contribution >= 0.6 is 11.3 Å². The molecular weight excluding hydrogens is 554 g/mol. The summed E-state index contributed by atoms with van der Waals surface area (Å²) in [6.45, 7) is 11.5. The molecule has 0 aliphatic heterocycles. The molecule has 0 unspecified atom stereocenters. The zero-order chi connectivity index (χ0) is 30.5. The number of anilines is 3. The lowest BCUT2D eigenvalue weighted by Gasteiger charge is -2.33. The Morgan fingerprint density at radius 2 is 1.72 bits per heavy atom. The molecular formula is C36H37N3O3S. The number of hydrogen-bond acceptors (Lipinski definition) is 7. The minimum atomic E-state index is -0.197. The van der Waals surface area contributed by atoms with Crippen LogP contribution in [0.4, 0.5) is 16.5 Å². The van der Waals surface area contributed by atoms with Gasteiger partial charge in [0.25, 0.3) is 0 Å². The van der Waals surface area contributed by atoms with Crippen molar-refractivity contribution in [3.8, 4) is 5.75 Å². The topological polar surface area (TPSA) is 94.3 Å². The summed E-state index contributed by atoms with van der Waals surface area (Å²) >= 11 is 1.49. The minimum Gasteiger partial charge on any atom is -0.489 e. The summed E-state index contributed by atoms with van der Waals surface area (Å²) in [6.07, 6.45) is 6.00. The third-order valence-corrected chi connectivity index (χ3v) is 9.09. The Kier molecular flexibility index (Phi) is 7.25. The summed E-state index contributed by atoms with van der Waals surface area (Å²) in [5.41, 5.74) is 12.0. The quantitative estimate of drug-likeness (QED) is 0.208. The minimum absolute atomic E-state index is 0.0235. The maximum absolute atomic E-state index is 13.8. The fraction of sp³-hybridized carbons (Fsp3) is 0.306. The molecule has 2 aliphatic carbocycles. The van der Waals surface area contributed by atoms with E-state index in [0.717, 1.165) is 23.1 Å². The van der Waals surface area contributed by atoms with Crippen LogP contribution in [-0.2, 0) is 12.0 Å². The van der Waals surface area contributed by atoms with Crippen LogP contribution < -0.4 is 15.8 Å². The van der Waals surface area contributed by atoms with E-state index in [4.69, 9.17) is 15.5 Å². The van der Waals surface area contributed by atoms with Crippen molar-refractivity contribution in [3.05, 3.63) is 100 Å². The molecule has 0 amide bonds. The van der Waals surface area contributed by atoms with Crippen LogP contribution in [0.5, 0.6) is 5.75 Å². The average molecular weight is 592 g/mol. The number of nitrogens with two attached hydrogens (primary N) is 1. The van der Waals surface area contributed by atoms with Crippen molar-refractivity contribution in [2.24, 2.45) is 5.41 Å². The van der Waals surface area contributed by atoms with E-state index in [2.05, 4.69) is 52.1 Å². The van der Waals surface area contributed by atoms with Crippen LogP contribution in [0.2, 0.25) is 0 Å². The number of aromatic nitrogens is 1. The first kappa shape index (κ1) is 28.9. The summed E-state index contributed by atoms with van der Waals surface area (Å²) < 4.78 is 7.24. The van der Waals surface area contributed by atoms with Gasteiger partial charge in [-0.25, -0.2) is 4.98 Å². The highest BCUT2D eigenvalue weighted by molar-refractivity contribution is 7.22. The van der Waals surface area contributed by atoms with Crippen molar-refractivity contribution < 1.29 is 14.3 Å². The van der Waals surface area contributed by atoms with Gasteiger partial charge in [0.2, 0.25) is 0 Å². The van der Waals surface area contributed by atoms with Gasteiger partial charge in [0.1, 0.15) is 12.4 Å². The van der Waals surface area contributed by atoms with Gasteiger partial charge < -0.3 is 15.8 Å². The Labute approximate surface area is 256 Å². The number of carbonyl (C=O) groups is 2. The molecule has 3 N–H and O–H groups in total. The zero-order valence-corrected chi connectivity index (χ0v) is 26.2. The molecule has 6 rings (SSSR count). The molecule has 0 spiro atoms. The number of nitrogens with zero attached hydrogens (tertiary/aromatic N) is 1. The number of carbonyl (C=O) groups excluding carboxylic acids is 2. The number of ketones is 2. The van der Waals surface area contributed by atoms with E-state index in [-0.39, 0.29) is 40.3 Å². The van der Waals surface area contributed by atoms with E-state index in [1.54, 1.807) is 6.08 Å². The lowest BCUT2D eigenvalue weighted by atomic mass is 9.72. The molecule has 0 saturated heterocycles. The summed E-state index contributed by atoms with van der Waals surface area (Å²) in [6, 6.07) is 17.9. The number of thiazole rings is 1. The summed E-state index contributed by atoms with van der Waals surface area (Å²) in [5, 5.41) is 3.99. The number of nitrogen functional groups attached to an aromatic ring is 1. The van der Waals surface area contributed by atoms with E-state index >= 15 is 0 Å². The summed E-state index contributed by atoms with van der Waals surface area (Å²) in [5.74, 6) is 0.320. The lowest BCUT2D eigenvalue weighted by molar-refractivity contribution is 0.0975. The molecule has 0 fully saturated rings. The second-order valence-electron chi connectivity index (χ2n) is 13.3. The van der Waals surface area contributed by atoms with Gasteiger partial charge >= 0.3 is 0 Å². The van der Waals surface area contributed by atoms with Gasteiger partial charge in [-0.1, -0.05) is 82.4 Å². The fourth-order valence-electron chi connectivity index (χ4n) is 6.47. The number of nitrogens with one attached hydrogen (secondary N) is 1. The molecule has 0 saturated carbocycles. The van der Waals surface area contributed by atoms with E-state index < -0.39 is 0 Å². The molecule has 0 atom stereocenters. The Bertz CT molecular complexity index is 1790. The van der Waals surface area contributed by atoms with Crippen molar-refractivity contribution >= 4 is 49.6 Å². The van der Waals surface area contributed by atoms with Gasteiger partial charge in [0.05, 0.1) is 32.7 Å². The first-order valence-corrected chi connectivity index (χ1v) is 15.5. The molecule has 4 aromatic rings. The van der Waals surface area contributed by atoms with E-state index in [9.17, 15) is 9.59 Å². The second kappa shape index (κ2) is 10.8. The molecule has 0 bridgehead atoms. The smallest absolute Gasteiger partial charge is 0.196 e. The average Bonchev–Trinajstić information content (AvgIpc) is 3.37. The normalized spacial score (nSPS) is 15.1. The molecule has 3 aromatic carbocycles. The molecule has 0 radical (unpaired) electrons. The first-order valence-electron chi connectivity index (χ1n) is 14.7. The fourth-order valence-corrected chi connectivity index (χ4v) is 7.35. The van der Waals surface area contributed by atoms with E-state index in [1.165, 1.54) is 16.9 Å². The summed E-state index contributed by atoms with van der Waals surface area (Å²) in [7, 11) is 0. The zero-order valence-electron chi connectivity index (χ0n) is 25.3. The van der Waals surface area contributed by atoms with Crippen LogP contribution in [0.15, 0.2) is 77.9 Å². The van der Waals surface area contributed by atoms with E-state index in [1.807, 2.05) is 48.5 Å². The molecule has 220 valence electrons. The Morgan fingerprint density at radius 1 is 0.977 bits per heavy atom. The molecule has 2 aliphatic rings. The van der Waals surface area contributed by atoms with Crippen LogP contribution in [0.25, 0.3) is 10.2 Å². The number of benzene rings is 3. The molecule has 1 aromatic heterocycles. The Morgan fingerprint density at radius 3 is 2.44 bits per heavy atom. The number of hydrogen-bond donors (Lipinski definition) is 2.